The number of aromatic nitrogens is 3. The Kier molecular flexibility index (Phi) is 8.35. The Hall–Kier alpha value is -4.41. The molecule has 1 saturated heterocycles. The molecule has 5 rings (SSSR count). The molecule has 2 aromatic heterocycles. The van der Waals surface area contributed by atoms with Crippen LogP contribution in [0.1, 0.15) is 6.42 Å². The van der Waals surface area contributed by atoms with Crippen molar-refractivity contribution < 1.29 is 18.7 Å². The normalized spacial score (nSPS) is 13.7. The van der Waals surface area contributed by atoms with Crippen LogP contribution in [0.2, 0.25) is 0 Å². The van der Waals surface area contributed by atoms with Crippen molar-refractivity contribution in [3.05, 3.63) is 79.5 Å². The smallest absolute Gasteiger partial charge is 0.247 e. The first kappa shape index (κ1) is 26.2. The van der Waals surface area contributed by atoms with Crippen molar-refractivity contribution in [1.82, 2.24) is 19.9 Å². The van der Waals surface area contributed by atoms with Crippen molar-refractivity contribution in [2.75, 3.05) is 50.1 Å². The number of rotatable bonds is 10. The summed E-state index contributed by atoms with van der Waals surface area (Å²) in [6, 6.07) is 13.6. The highest BCUT2D eigenvalue weighted by Crippen LogP contribution is 2.34. The summed E-state index contributed by atoms with van der Waals surface area (Å²) < 4.78 is 26.1. The maximum atomic E-state index is 14.6. The zero-order valence-electron chi connectivity index (χ0n) is 21.4. The molecule has 4 aromatic rings. The fourth-order valence-electron chi connectivity index (χ4n) is 4.34. The van der Waals surface area contributed by atoms with Crippen molar-refractivity contribution in [2.45, 2.75) is 6.42 Å². The number of halogens is 1. The van der Waals surface area contributed by atoms with Gasteiger partial charge in [-0.25, -0.2) is 14.4 Å². The number of anilines is 3. The lowest BCUT2D eigenvalue weighted by atomic mass is 10.1. The zero-order chi connectivity index (χ0) is 27.0. The molecule has 1 amide bonds. The highest BCUT2D eigenvalue weighted by Gasteiger charge is 2.15. The number of hydrogen-bond acceptors (Lipinski definition) is 8. The lowest BCUT2D eigenvalue weighted by Crippen LogP contribution is -2.37. The fourth-order valence-corrected chi connectivity index (χ4v) is 4.34. The van der Waals surface area contributed by atoms with Crippen LogP contribution >= 0.6 is 0 Å². The Morgan fingerprint density at radius 3 is 2.79 bits per heavy atom. The van der Waals surface area contributed by atoms with Crippen LogP contribution in [0.3, 0.4) is 0 Å². The number of benzene rings is 2. The van der Waals surface area contributed by atoms with Crippen LogP contribution in [-0.2, 0) is 9.53 Å². The van der Waals surface area contributed by atoms with Crippen molar-refractivity contribution in [2.24, 2.45) is 0 Å². The largest absolute Gasteiger partial charge is 0.491 e. The molecule has 9 nitrogen and oxygen atoms in total. The van der Waals surface area contributed by atoms with Crippen molar-refractivity contribution >= 4 is 34.0 Å². The molecule has 2 aromatic carbocycles. The van der Waals surface area contributed by atoms with Gasteiger partial charge in [0.15, 0.2) is 0 Å². The van der Waals surface area contributed by atoms with E-state index in [2.05, 4.69) is 37.1 Å². The molecule has 10 heteroatoms. The summed E-state index contributed by atoms with van der Waals surface area (Å²) in [6.07, 6.45) is 5.09. The van der Waals surface area contributed by atoms with Crippen molar-refractivity contribution in [1.29, 1.82) is 0 Å². The van der Waals surface area contributed by atoms with Crippen molar-refractivity contribution in [3.8, 4) is 17.0 Å². The van der Waals surface area contributed by atoms with E-state index in [1.54, 1.807) is 48.7 Å². The summed E-state index contributed by atoms with van der Waals surface area (Å²) in [5.41, 5.74) is 2.61. The number of carbonyl (C=O) groups excluding carboxylic acids is 1. The SMILES string of the molecule is C=CC(=O)Nc1cc2c(Nc3ccc(F)c(-c4ccccn4)c3)ncnc2cc1OCCCN1CCOCC1. The van der Waals surface area contributed by atoms with E-state index in [0.717, 1.165) is 39.3 Å². The molecule has 0 unspecified atom stereocenters. The lowest BCUT2D eigenvalue weighted by Gasteiger charge is -2.26. The average Bonchev–Trinajstić information content (AvgIpc) is 2.97. The van der Waals surface area contributed by atoms with Crippen LogP contribution in [0.5, 0.6) is 5.75 Å². The van der Waals surface area contributed by atoms with Gasteiger partial charge in [-0.3, -0.25) is 14.7 Å². The first-order valence-electron chi connectivity index (χ1n) is 12.7. The van der Waals surface area contributed by atoms with Gasteiger partial charge in [-0.15, -0.1) is 0 Å². The number of fused-ring (bicyclic) bond motifs is 1. The van der Waals surface area contributed by atoms with Gasteiger partial charge in [0.2, 0.25) is 5.91 Å². The molecule has 0 bridgehead atoms. The van der Waals surface area contributed by atoms with E-state index in [0.29, 0.717) is 51.7 Å². The van der Waals surface area contributed by atoms with E-state index in [-0.39, 0.29) is 11.7 Å². The molecule has 1 fully saturated rings. The van der Waals surface area contributed by atoms with Crippen LogP contribution in [-0.4, -0.2) is 65.2 Å². The standard InChI is InChI=1S/C29H29FN6O3/c1-2-28(37)35-26-17-22-25(18-27(26)39-13-5-10-36-11-14-38-15-12-36)32-19-33-29(22)34-20-7-8-23(30)21(16-20)24-6-3-4-9-31-24/h2-4,6-9,16-19H,1,5,10-15H2,(H,35,37)(H,32,33,34). The molecule has 39 heavy (non-hydrogen) atoms. The van der Waals surface area contributed by atoms with E-state index in [1.807, 2.05) is 0 Å². The summed E-state index contributed by atoms with van der Waals surface area (Å²) in [5.74, 6) is 0.254. The number of amides is 1. The van der Waals surface area contributed by atoms with Gasteiger partial charge in [-0.05, 0) is 48.9 Å². The molecule has 1 aliphatic heterocycles. The van der Waals surface area contributed by atoms with Gasteiger partial charge in [0, 0.05) is 48.5 Å². The number of hydrogen-bond donors (Lipinski definition) is 2. The van der Waals surface area contributed by atoms with Gasteiger partial charge in [0.05, 0.1) is 36.7 Å². The molecule has 0 atom stereocenters. The minimum absolute atomic E-state index is 0.364. The maximum Gasteiger partial charge on any atom is 0.247 e. The molecular formula is C29H29FN6O3. The molecule has 0 aliphatic carbocycles. The van der Waals surface area contributed by atoms with Gasteiger partial charge in [-0.2, -0.15) is 0 Å². The minimum Gasteiger partial charge on any atom is -0.491 e. The molecule has 0 spiro atoms. The van der Waals surface area contributed by atoms with Crippen LogP contribution < -0.4 is 15.4 Å². The Morgan fingerprint density at radius 2 is 2.00 bits per heavy atom. The van der Waals surface area contributed by atoms with Gasteiger partial charge in [0.1, 0.15) is 23.7 Å². The molecule has 0 saturated carbocycles. The van der Waals surface area contributed by atoms with E-state index in [1.165, 1.54) is 18.5 Å². The predicted octanol–water partition coefficient (Wildman–Crippen LogP) is 4.80. The fraction of sp³-hybridized carbons (Fsp3) is 0.241. The number of nitrogens with one attached hydrogen (secondary N) is 2. The number of ether oxygens (including phenoxy) is 2. The molecule has 200 valence electrons. The Morgan fingerprint density at radius 1 is 1.13 bits per heavy atom. The molecule has 0 radical (unpaired) electrons. The third-order valence-electron chi connectivity index (χ3n) is 6.33. The van der Waals surface area contributed by atoms with Crippen LogP contribution in [0.15, 0.2) is 73.7 Å². The van der Waals surface area contributed by atoms with E-state index in [4.69, 9.17) is 9.47 Å². The van der Waals surface area contributed by atoms with Crippen LogP contribution in [0.4, 0.5) is 21.6 Å². The molecule has 1 aliphatic rings. The Bertz CT molecular complexity index is 1460. The summed E-state index contributed by atoms with van der Waals surface area (Å²) in [4.78, 5) is 27.6. The Balaban J connectivity index is 1.40. The number of carbonyl (C=O) groups is 1. The zero-order valence-corrected chi connectivity index (χ0v) is 21.4. The van der Waals surface area contributed by atoms with Gasteiger partial charge in [0.25, 0.3) is 0 Å². The van der Waals surface area contributed by atoms with Crippen LogP contribution in [0, 0.1) is 5.82 Å². The summed E-state index contributed by atoms with van der Waals surface area (Å²) in [6.45, 7) is 8.26. The van der Waals surface area contributed by atoms with E-state index in [9.17, 15) is 9.18 Å². The third-order valence-corrected chi connectivity index (χ3v) is 6.33. The molecular weight excluding hydrogens is 499 g/mol. The molecule has 2 N–H and O–H groups in total. The highest BCUT2D eigenvalue weighted by molar-refractivity contribution is 6.03. The first-order valence-corrected chi connectivity index (χ1v) is 12.7. The summed E-state index contributed by atoms with van der Waals surface area (Å²) in [5, 5.41) is 6.73. The second-order valence-electron chi connectivity index (χ2n) is 8.97. The number of nitrogens with zero attached hydrogens (tertiary/aromatic N) is 4. The lowest BCUT2D eigenvalue weighted by molar-refractivity contribution is -0.111. The van der Waals surface area contributed by atoms with E-state index >= 15 is 0 Å². The van der Waals surface area contributed by atoms with Gasteiger partial charge < -0.3 is 20.1 Å². The van der Waals surface area contributed by atoms with Gasteiger partial charge in [-0.1, -0.05) is 12.6 Å². The predicted molar refractivity (Wildman–Crippen MR) is 149 cm³/mol. The second kappa shape index (κ2) is 12.4. The minimum atomic E-state index is -0.378. The van der Waals surface area contributed by atoms with Crippen LogP contribution in [0.25, 0.3) is 22.2 Å². The maximum absolute atomic E-state index is 14.6. The second-order valence-corrected chi connectivity index (χ2v) is 8.97. The number of morpholine rings is 1. The summed E-state index contributed by atoms with van der Waals surface area (Å²) in [7, 11) is 0. The average molecular weight is 529 g/mol. The molecule has 3 heterocycles. The van der Waals surface area contributed by atoms with Crippen molar-refractivity contribution in [3.63, 3.8) is 0 Å². The number of pyridine rings is 1. The third kappa shape index (κ3) is 6.54. The summed E-state index contributed by atoms with van der Waals surface area (Å²) >= 11 is 0. The van der Waals surface area contributed by atoms with Gasteiger partial charge >= 0.3 is 0 Å². The first-order chi connectivity index (χ1) is 19.1. The monoisotopic (exact) mass is 528 g/mol. The quantitative estimate of drug-likeness (QED) is 0.224. The highest BCUT2D eigenvalue weighted by atomic mass is 19.1. The Labute approximate surface area is 225 Å². The van der Waals surface area contributed by atoms with E-state index < -0.39 is 0 Å². The topological polar surface area (TPSA) is 102 Å².